The first-order valence-corrected chi connectivity index (χ1v) is 10.0. The third-order valence-corrected chi connectivity index (χ3v) is 6.35. The van der Waals surface area contributed by atoms with Gasteiger partial charge in [-0.2, -0.15) is 0 Å². The summed E-state index contributed by atoms with van der Waals surface area (Å²) in [6.45, 7) is 2.84. The van der Waals surface area contributed by atoms with Crippen LogP contribution in [0.2, 0.25) is 10.0 Å². The molecule has 2 aliphatic carbocycles. The fourth-order valence-corrected chi connectivity index (χ4v) is 5.29. The summed E-state index contributed by atoms with van der Waals surface area (Å²) in [5, 5.41) is 1.03. The maximum absolute atomic E-state index is 13.0. The minimum Gasteiger partial charge on any atom is -0.348 e. The molecule has 0 amide bonds. The van der Waals surface area contributed by atoms with Crippen molar-refractivity contribution >= 4 is 34.8 Å². The van der Waals surface area contributed by atoms with Gasteiger partial charge in [-0.05, 0) is 44.7 Å². The molecule has 0 radical (unpaired) electrons. The molecule has 0 atom stereocenters. The van der Waals surface area contributed by atoms with E-state index in [9.17, 15) is 9.59 Å². The molecule has 136 valence electrons. The number of nitrogens with zero attached hydrogens (tertiary/aromatic N) is 1. The lowest BCUT2D eigenvalue weighted by Gasteiger charge is -2.43. The fraction of sp³-hybridized carbons (Fsp3) is 0.429. The molecule has 0 unspecified atom stereocenters. The SMILES string of the molecule is CCN1C2=C(C(=O)CCC2)C(c2c(Cl)cccc2Cl)C2=C1CCCC2=O. The second kappa shape index (κ2) is 6.86. The van der Waals surface area contributed by atoms with Crippen molar-refractivity contribution in [2.24, 2.45) is 0 Å². The Kier molecular flexibility index (Phi) is 4.70. The van der Waals surface area contributed by atoms with Crippen molar-refractivity contribution in [1.29, 1.82) is 0 Å². The molecule has 1 aromatic carbocycles. The Morgan fingerprint density at radius 1 is 0.923 bits per heavy atom. The molecule has 0 spiro atoms. The molecule has 0 aromatic heterocycles. The van der Waals surface area contributed by atoms with E-state index < -0.39 is 5.92 Å². The molecule has 1 aliphatic heterocycles. The Labute approximate surface area is 163 Å². The number of allylic oxidation sites excluding steroid dienone is 4. The van der Waals surface area contributed by atoms with Crippen LogP contribution in [0.25, 0.3) is 0 Å². The Hall–Kier alpha value is -1.58. The van der Waals surface area contributed by atoms with E-state index >= 15 is 0 Å². The highest BCUT2D eigenvalue weighted by Gasteiger charge is 2.44. The number of ketones is 2. The molecule has 0 N–H and O–H groups in total. The highest BCUT2D eigenvalue weighted by atomic mass is 35.5. The molecule has 4 rings (SSSR count). The lowest BCUT2D eigenvalue weighted by Crippen LogP contribution is -2.39. The fourth-order valence-electron chi connectivity index (χ4n) is 4.67. The molecule has 3 aliphatic rings. The van der Waals surface area contributed by atoms with Crippen LogP contribution in [0.1, 0.15) is 56.9 Å². The van der Waals surface area contributed by atoms with Crippen LogP contribution in [0, 0.1) is 0 Å². The number of hydrogen-bond donors (Lipinski definition) is 0. The number of carbonyl (C=O) groups excluding carboxylic acids is 2. The molecule has 0 bridgehead atoms. The second-order valence-corrected chi connectivity index (χ2v) is 7.90. The van der Waals surface area contributed by atoms with Gasteiger partial charge in [-0.3, -0.25) is 9.59 Å². The van der Waals surface area contributed by atoms with Crippen molar-refractivity contribution in [2.75, 3.05) is 6.54 Å². The monoisotopic (exact) mass is 389 g/mol. The normalized spacial score (nSPS) is 21.3. The Bertz CT molecular complexity index is 805. The van der Waals surface area contributed by atoms with Gasteiger partial charge in [0.1, 0.15) is 0 Å². The number of halogens is 2. The van der Waals surface area contributed by atoms with Gasteiger partial charge >= 0.3 is 0 Å². The Morgan fingerprint density at radius 2 is 1.42 bits per heavy atom. The number of hydrogen-bond acceptors (Lipinski definition) is 3. The van der Waals surface area contributed by atoms with E-state index in [-0.39, 0.29) is 11.6 Å². The molecular weight excluding hydrogens is 369 g/mol. The Balaban J connectivity index is 2.03. The zero-order valence-electron chi connectivity index (χ0n) is 14.8. The lowest BCUT2D eigenvalue weighted by atomic mass is 9.71. The van der Waals surface area contributed by atoms with Gasteiger partial charge < -0.3 is 4.90 Å². The van der Waals surface area contributed by atoms with Gasteiger partial charge in [-0.1, -0.05) is 29.3 Å². The number of Topliss-reactive ketones (excluding diaryl/α,β-unsaturated/α-hetero) is 2. The first kappa shape index (κ1) is 17.8. The number of benzene rings is 1. The molecular formula is C21H21Cl2NO2. The smallest absolute Gasteiger partial charge is 0.161 e. The molecule has 0 saturated heterocycles. The van der Waals surface area contributed by atoms with E-state index in [1.807, 2.05) is 0 Å². The van der Waals surface area contributed by atoms with E-state index in [0.29, 0.717) is 28.5 Å². The van der Waals surface area contributed by atoms with Gasteiger partial charge in [0.05, 0.1) is 0 Å². The van der Waals surface area contributed by atoms with Gasteiger partial charge in [0.15, 0.2) is 11.6 Å². The maximum Gasteiger partial charge on any atom is 0.161 e. The summed E-state index contributed by atoms with van der Waals surface area (Å²) < 4.78 is 0. The third kappa shape index (κ3) is 2.64. The van der Waals surface area contributed by atoms with Gasteiger partial charge in [0.2, 0.25) is 0 Å². The summed E-state index contributed by atoms with van der Waals surface area (Å²) in [5.41, 5.74) is 4.32. The number of rotatable bonds is 2. The van der Waals surface area contributed by atoms with Gasteiger partial charge in [0.25, 0.3) is 0 Å². The highest BCUT2D eigenvalue weighted by Crippen LogP contribution is 2.51. The predicted octanol–water partition coefficient (Wildman–Crippen LogP) is 5.43. The van der Waals surface area contributed by atoms with Gasteiger partial charge in [-0.25, -0.2) is 0 Å². The van der Waals surface area contributed by atoms with E-state index in [2.05, 4.69) is 11.8 Å². The van der Waals surface area contributed by atoms with Crippen molar-refractivity contribution in [3.8, 4) is 0 Å². The molecule has 0 fully saturated rings. The molecule has 26 heavy (non-hydrogen) atoms. The summed E-state index contributed by atoms with van der Waals surface area (Å²) in [4.78, 5) is 28.2. The van der Waals surface area contributed by atoms with Gasteiger partial charge in [-0.15, -0.1) is 0 Å². The van der Waals surface area contributed by atoms with Crippen molar-refractivity contribution in [1.82, 2.24) is 4.90 Å². The maximum atomic E-state index is 13.0. The summed E-state index contributed by atoms with van der Waals surface area (Å²) in [5.74, 6) is -0.184. The lowest BCUT2D eigenvalue weighted by molar-refractivity contribution is -0.117. The molecule has 3 nitrogen and oxygen atoms in total. The van der Waals surface area contributed by atoms with Crippen LogP contribution in [-0.2, 0) is 9.59 Å². The zero-order chi connectivity index (χ0) is 18.4. The van der Waals surface area contributed by atoms with Crippen LogP contribution in [0.5, 0.6) is 0 Å². The molecule has 1 heterocycles. The van der Waals surface area contributed by atoms with Crippen LogP contribution in [0.4, 0.5) is 0 Å². The van der Waals surface area contributed by atoms with Crippen LogP contribution in [0.15, 0.2) is 40.7 Å². The molecule has 0 saturated carbocycles. The van der Waals surface area contributed by atoms with Crippen molar-refractivity contribution in [2.45, 2.75) is 51.4 Å². The largest absolute Gasteiger partial charge is 0.348 e. The van der Waals surface area contributed by atoms with Crippen LogP contribution < -0.4 is 0 Å². The van der Waals surface area contributed by atoms with Crippen LogP contribution >= 0.6 is 23.2 Å². The zero-order valence-corrected chi connectivity index (χ0v) is 16.3. The average Bonchev–Trinajstić information content (AvgIpc) is 2.61. The molecule has 1 aromatic rings. The van der Waals surface area contributed by atoms with Crippen LogP contribution in [-0.4, -0.2) is 23.0 Å². The number of carbonyl (C=O) groups is 2. The third-order valence-electron chi connectivity index (χ3n) is 5.69. The average molecular weight is 390 g/mol. The van der Waals surface area contributed by atoms with E-state index in [0.717, 1.165) is 54.8 Å². The summed E-state index contributed by atoms with van der Waals surface area (Å²) in [6, 6.07) is 5.37. The predicted molar refractivity (Wildman–Crippen MR) is 103 cm³/mol. The van der Waals surface area contributed by atoms with Gasteiger partial charge in [0, 0.05) is 63.5 Å². The first-order valence-electron chi connectivity index (χ1n) is 9.28. The van der Waals surface area contributed by atoms with Crippen molar-refractivity contribution < 1.29 is 9.59 Å². The standard InChI is InChI=1S/C21H21Cl2NO2/c1-2-24-14-8-4-10-16(25)19(14)21(18-12(22)6-3-7-13(18)23)20-15(24)9-5-11-17(20)26/h3,6-7,21H,2,4-5,8-11H2,1H3. The quantitative estimate of drug-likeness (QED) is 0.676. The Morgan fingerprint density at radius 3 is 1.88 bits per heavy atom. The minimum atomic E-state index is -0.426. The topological polar surface area (TPSA) is 37.4 Å². The summed E-state index contributed by atoms with van der Waals surface area (Å²) >= 11 is 13.1. The second-order valence-electron chi connectivity index (χ2n) is 7.09. The van der Waals surface area contributed by atoms with Crippen LogP contribution in [0.3, 0.4) is 0 Å². The summed E-state index contributed by atoms with van der Waals surface area (Å²) in [7, 11) is 0. The van der Waals surface area contributed by atoms with Crippen molar-refractivity contribution in [3.63, 3.8) is 0 Å². The highest BCUT2D eigenvalue weighted by molar-refractivity contribution is 6.36. The van der Waals surface area contributed by atoms with E-state index in [4.69, 9.17) is 23.2 Å². The molecule has 5 heteroatoms. The minimum absolute atomic E-state index is 0.121. The first-order chi connectivity index (χ1) is 12.5. The summed E-state index contributed by atoms with van der Waals surface area (Å²) in [6.07, 6.45) is 4.47. The van der Waals surface area contributed by atoms with E-state index in [1.54, 1.807) is 18.2 Å². The van der Waals surface area contributed by atoms with E-state index in [1.165, 1.54) is 0 Å². The van der Waals surface area contributed by atoms with Crippen molar-refractivity contribution in [3.05, 3.63) is 56.3 Å².